The molecule has 0 N–H and O–H groups in total. The van der Waals surface area contributed by atoms with E-state index in [-0.39, 0.29) is 6.54 Å². The topological polar surface area (TPSA) is 83.1 Å². The Morgan fingerprint density at radius 3 is 2.38 bits per heavy atom. The molecule has 0 fully saturated rings. The van der Waals surface area contributed by atoms with Crippen LogP contribution in [0.3, 0.4) is 0 Å². The number of aromatic nitrogens is 3. The molecule has 0 aliphatic carbocycles. The molecule has 3 aromatic rings. The third kappa shape index (κ3) is 3.21. The van der Waals surface area contributed by atoms with Gasteiger partial charge in [-0.15, -0.1) is 10.1 Å². The standard InChI is InChI=1S/C16H13ClN4O3/c17-15-8-6-14(7-9-15)16(24-21(22)23,10-20-12-18-11-19-20)13-4-2-1-3-5-13/h1-9,11-12H,10H2. The largest absolute Gasteiger partial charge is 0.296 e. The summed E-state index contributed by atoms with van der Waals surface area (Å²) < 4.78 is 1.49. The van der Waals surface area contributed by atoms with Gasteiger partial charge in [-0.2, -0.15) is 5.10 Å². The number of rotatable bonds is 6. The van der Waals surface area contributed by atoms with Crippen molar-refractivity contribution < 1.29 is 9.92 Å². The van der Waals surface area contributed by atoms with E-state index < -0.39 is 10.7 Å². The summed E-state index contributed by atoms with van der Waals surface area (Å²) in [5.41, 5.74) is -0.159. The molecule has 2 aromatic carbocycles. The first-order valence-corrected chi connectivity index (χ1v) is 7.45. The van der Waals surface area contributed by atoms with Crippen LogP contribution in [-0.4, -0.2) is 19.9 Å². The lowest BCUT2D eigenvalue weighted by Gasteiger charge is -2.32. The molecule has 122 valence electrons. The fourth-order valence-electron chi connectivity index (χ4n) is 2.58. The zero-order valence-corrected chi connectivity index (χ0v) is 13.2. The molecule has 0 saturated carbocycles. The second-order valence-corrected chi connectivity index (χ2v) is 5.54. The van der Waals surface area contributed by atoms with Crippen molar-refractivity contribution in [2.24, 2.45) is 0 Å². The van der Waals surface area contributed by atoms with E-state index in [1.165, 1.54) is 17.3 Å². The lowest BCUT2D eigenvalue weighted by atomic mass is 9.86. The first-order chi connectivity index (χ1) is 11.6. The van der Waals surface area contributed by atoms with Crippen LogP contribution >= 0.6 is 11.6 Å². The van der Waals surface area contributed by atoms with Crippen LogP contribution in [-0.2, 0) is 17.0 Å². The van der Waals surface area contributed by atoms with Crippen LogP contribution in [0.5, 0.6) is 0 Å². The molecule has 8 heteroatoms. The number of benzene rings is 2. The summed E-state index contributed by atoms with van der Waals surface area (Å²) in [7, 11) is 0. The van der Waals surface area contributed by atoms with Gasteiger partial charge >= 0.3 is 0 Å². The van der Waals surface area contributed by atoms with E-state index in [0.717, 1.165) is 0 Å². The highest BCUT2D eigenvalue weighted by Crippen LogP contribution is 2.36. The third-order valence-electron chi connectivity index (χ3n) is 3.63. The molecular formula is C16H13ClN4O3. The van der Waals surface area contributed by atoms with Crippen LogP contribution in [0.25, 0.3) is 0 Å². The maximum Gasteiger partial charge on any atom is 0.295 e. The second-order valence-electron chi connectivity index (χ2n) is 5.11. The minimum absolute atomic E-state index is 0.0830. The molecule has 0 amide bonds. The first-order valence-electron chi connectivity index (χ1n) is 7.08. The van der Waals surface area contributed by atoms with Crippen molar-refractivity contribution in [1.82, 2.24) is 14.8 Å². The van der Waals surface area contributed by atoms with Crippen molar-refractivity contribution in [2.75, 3.05) is 0 Å². The molecule has 0 aliphatic heterocycles. The molecule has 24 heavy (non-hydrogen) atoms. The Bertz CT molecular complexity index is 809. The zero-order valence-electron chi connectivity index (χ0n) is 12.4. The van der Waals surface area contributed by atoms with Gasteiger partial charge in [-0.3, -0.25) is 4.84 Å². The molecule has 1 aromatic heterocycles. The minimum atomic E-state index is -1.37. The zero-order chi connectivity index (χ0) is 17.0. The molecule has 7 nitrogen and oxygen atoms in total. The van der Waals surface area contributed by atoms with E-state index in [0.29, 0.717) is 16.1 Å². The van der Waals surface area contributed by atoms with Gasteiger partial charge in [0.05, 0.1) is 6.54 Å². The third-order valence-corrected chi connectivity index (χ3v) is 3.88. The van der Waals surface area contributed by atoms with Crippen molar-refractivity contribution in [1.29, 1.82) is 0 Å². The maximum absolute atomic E-state index is 11.3. The van der Waals surface area contributed by atoms with Gasteiger partial charge in [-0.05, 0) is 23.3 Å². The SMILES string of the molecule is O=[N+]([O-])OC(Cn1cncn1)(c1ccccc1)c1ccc(Cl)cc1. The van der Waals surface area contributed by atoms with Crippen LogP contribution in [0, 0.1) is 10.1 Å². The maximum atomic E-state index is 11.3. The van der Waals surface area contributed by atoms with Gasteiger partial charge in [0.25, 0.3) is 5.09 Å². The van der Waals surface area contributed by atoms with E-state index in [1.807, 2.05) is 6.07 Å². The summed E-state index contributed by atoms with van der Waals surface area (Å²) in [5, 5.41) is 15.1. The van der Waals surface area contributed by atoms with Crippen molar-refractivity contribution in [2.45, 2.75) is 12.1 Å². The Morgan fingerprint density at radius 1 is 1.12 bits per heavy atom. The van der Waals surface area contributed by atoms with Crippen LogP contribution in [0.1, 0.15) is 11.1 Å². The highest BCUT2D eigenvalue weighted by atomic mass is 35.5. The average Bonchev–Trinajstić information content (AvgIpc) is 3.08. The highest BCUT2D eigenvalue weighted by Gasteiger charge is 2.39. The fourth-order valence-corrected chi connectivity index (χ4v) is 2.71. The number of hydrogen-bond acceptors (Lipinski definition) is 5. The molecule has 0 aliphatic rings. The van der Waals surface area contributed by atoms with Gasteiger partial charge in [0.2, 0.25) is 0 Å². The van der Waals surface area contributed by atoms with Crippen molar-refractivity contribution in [3.63, 3.8) is 0 Å². The van der Waals surface area contributed by atoms with E-state index in [2.05, 4.69) is 10.1 Å². The van der Waals surface area contributed by atoms with Crippen LogP contribution in [0.2, 0.25) is 5.02 Å². The molecule has 3 rings (SSSR count). The van der Waals surface area contributed by atoms with Crippen molar-refractivity contribution in [3.8, 4) is 0 Å². The molecule has 0 bridgehead atoms. The van der Waals surface area contributed by atoms with E-state index in [9.17, 15) is 10.1 Å². The summed E-state index contributed by atoms with van der Waals surface area (Å²) >= 11 is 5.95. The second kappa shape index (κ2) is 6.67. The molecule has 1 heterocycles. The van der Waals surface area contributed by atoms with Crippen LogP contribution < -0.4 is 0 Å². The predicted molar refractivity (Wildman–Crippen MR) is 86.8 cm³/mol. The Morgan fingerprint density at radius 2 is 1.79 bits per heavy atom. The normalized spacial score (nSPS) is 13.2. The molecule has 0 radical (unpaired) electrons. The average molecular weight is 345 g/mol. The summed E-state index contributed by atoms with van der Waals surface area (Å²) in [6.07, 6.45) is 2.85. The number of hydrogen-bond donors (Lipinski definition) is 0. The van der Waals surface area contributed by atoms with Crippen LogP contribution in [0.15, 0.2) is 67.3 Å². The van der Waals surface area contributed by atoms with Gasteiger partial charge in [0.1, 0.15) is 12.7 Å². The lowest BCUT2D eigenvalue weighted by Crippen LogP contribution is -2.38. The summed E-state index contributed by atoms with van der Waals surface area (Å²) in [4.78, 5) is 20.4. The summed E-state index contributed by atoms with van der Waals surface area (Å²) in [6, 6.07) is 15.7. The van der Waals surface area contributed by atoms with Gasteiger partial charge in [0.15, 0.2) is 5.60 Å². The van der Waals surface area contributed by atoms with E-state index in [4.69, 9.17) is 16.4 Å². The molecule has 0 saturated heterocycles. The summed E-state index contributed by atoms with van der Waals surface area (Å²) in [6.45, 7) is 0.0830. The van der Waals surface area contributed by atoms with Crippen molar-refractivity contribution >= 4 is 11.6 Å². The molecular weight excluding hydrogens is 332 g/mol. The van der Waals surface area contributed by atoms with E-state index >= 15 is 0 Å². The predicted octanol–water partition coefficient (Wildman–Crippen LogP) is 3.08. The van der Waals surface area contributed by atoms with Crippen molar-refractivity contribution in [3.05, 3.63) is 93.5 Å². The van der Waals surface area contributed by atoms with Gasteiger partial charge in [0, 0.05) is 5.02 Å². The molecule has 0 spiro atoms. The minimum Gasteiger partial charge on any atom is -0.296 e. The lowest BCUT2D eigenvalue weighted by molar-refractivity contribution is -0.782. The monoisotopic (exact) mass is 344 g/mol. The van der Waals surface area contributed by atoms with Crippen LogP contribution in [0.4, 0.5) is 0 Å². The highest BCUT2D eigenvalue weighted by molar-refractivity contribution is 6.30. The Balaban J connectivity index is 2.18. The quantitative estimate of drug-likeness (QED) is 0.507. The Kier molecular flexibility index (Phi) is 4.43. The number of nitrogens with zero attached hydrogens (tertiary/aromatic N) is 4. The van der Waals surface area contributed by atoms with Gasteiger partial charge in [-0.25, -0.2) is 9.67 Å². The molecule has 1 atom stereocenters. The Hall–Kier alpha value is -2.93. The number of halogens is 1. The fraction of sp³-hybridized carbons (Fsp3) is 0.125. The van der Waals surface area contributed by atoms with Gasteiger partial charge in [-0.1, -0.05) is 54.1 Å². The smallest absolute Gasteiger partial charge is 0.295 e. The Labute approximate surface area is 142 Å². The first kappa shape index (κ1) is 15.9. The molecule has 1 unspecified atom stereocenters. The van der Waals surface area contributed by atoms with Gasteiger partial charge < -0.3 is 0 Å². The van der Waals surface area contributed by atoms with E-state index in [1.54, 1.807) is 48.5 Å². The summed E-state index contributed by atoms with van der Waals surface area (Å²) in [5.74, 6) is 0.